The first-order chi connectivity index (χ1) is 7.70. The molecule has 0 radical (unpaired) electrons. The lowest BCUT2D eigenvalue weighted by Gasteiger charge is -2.07. The SMILES string of the molecule is COc1ccc(F)cc1-c1cc(N)ncn1. The minimum Gasteiger partial charge on any atom is -0.496 e. The Morgan fingerprint density at radius 3 is 2.75 bits per heavy atom. The van der Waals surface area contributed by atoms with Crippen LogP contribution >= 0.6 is 0 Å². The van der Waals surface area contributed by atoms with Crippen LogP contribution in [0.3, 0.4) is 0 Å². The average Bonchev–Trinajstić information content (AvgIpc) is 2.29. The van der Waals surface area contributed by atoms with Crippen LogP contribution in [-0.2, 0) is 0 Å². The molecular formula is C11H10FN3O. The molecule has 1 aromatic heterocycles. The smallest absolute Gasteiger partial charge is 0.128 e. The summed E-state index contributed by atoms with van der Waals surface area (Å²) in [6, 6.07) is 5.79. The fourth-order valence-electron chi connectivity index (χ4n) is 1.40. The van der Waals surface area contributed by atoms with E-state index in [2.05, 4.69) is 9.97 Å². The molecule has 16 heavy (non-hydrogen) atoms. The number of nitrogen functional groups attached to an aromatic ring is 1. The van der Waals surface area contributed by atoms with Gasteiger partial charge in [0.25, 0.3) is 0 Å². The van der Waals surface area contributed by atoms with Gasteiger partial charge in [0.2, 0.25) is 0 Å². The van der Waals surface area contributed by atoms with E-state index in [1.807, 2.05) is 0 Å². The van der Waals surface area contributed by atoms with Crippen LogP contribution in [0, 0.1) is 5.82 Å². The highest BCUT2D eigenvalue weighted by Crippen LogP contribution is 2.29. The van der Waals surface area contributed by atoms with E-state index in [1.165, 1.54) is 25.6 Å². The number of nitrogens with zero attached hydrogens (tertiary/aromatic N) is 2. The molecule has 0 aliphatic carbocycles. The Morgan fingerprint density at radius 1 is 1.25 bits per heavy atom. The predicted octanol–water partition coefficient (Wildman–Crippen LogP) is 1.87. The van der Waals surface area contributed by atoms with Crippen LogP contribution in [0.15, 0.2) is 30.6 Å². The van der Waals surface area contributed by atoms with Crippen LogP contribution in [0.1, 0.15) is 0 Å². The first kappa shape index (κ1) is 10.4. The van der Waals surface area contributed by atoms with Gasteiger partial charge in [-0.15, -0.1) is 0 Å². The van der Waals surface area contributed by atoms with E-state index in [0.29, 0.717) is 22.8 Å². The van der Waals surface area contributed by atoms with Crippen LogP contribution in [0.2, 0.25) is 0 Å². The van der Waals surface area contributed by atoms with Gasteiger partial charge in [-0.2, -0.15) is 0 Å². The number of methoxy groups -OCH3 is 1. The number of benzene rings is 1. The third-order valence-corrected chi connectivity index (χ3v) is 2.13. The van der Waals surface area contributed by atoms with E-state index >= 15 is 0 Å². The van der Waals surface area contributed by atoms with Gasteiger partial charge in [-0.05, 0) is 18.2 Å². The molecule has 0 aliphatic heterocycles. The molecule has 2 rings (SSSR count). The highest BCUT2D eigenvalue weighted by atomic mass is 19.1. The number of hydrogen-bond donors (Lipinski definition) is 1. The summed E-state index contributed by atoms with van der Waals surface area (Å²) in [6.07, 6.45) is 1.33. The second-order valence-electron chi connectivity index (χ2n) is 3.17. The second kappa shape index (κ2) is 4.14. The van der Waals surface area contributed by atoms with Crippen molar-refractivity contribution in [3.63, 3.8) is 0 Å². The Kier molecular flexibility index (Phi) is 2.68. The predicted molar refractivity (Wildman–Crippen MR) is 58.4 cm³/mol. The van der Waals surface area contributed by atoms with Crippen molar-refractivity contribution >= 4 is 5.82 Å². The molecule has 0 aliphatic rings. The standard InChI is InChI=1S/C11H10FN3O/c1-16-10-3-2-7(12)4-8(10)9-5-11(13)15-6-14-9/h2-6H,1H3,(H2,13,14,15). The van der Waals surface area contributed by atoms with Crippen molar-refractivity contribution in [1.82, 2.24) is 9.97 Å². The van der Waals surface area contributed by atoms with Crippen molar-refractivity contribution in [2.75, 3.05) is 12.8 Å². The van der Waals surface area contributed by atoms with Gasteiger partial charge in [-0.25, -0.2) is 14.4 Å². The van der Waals surface area contributed by atoms with E-state index in [-0.39, 0.29) is 5.82 Å². The number of ether oxygens (including phenoxy) is 1. The Labute approximate surface area is 91.9 Å². The summed E-state index contributed by atoms with van der Waals surface area (Å²) in [6.45, 7) is 0. The van der Waals surface area contributed by atoms with Gasteiger partial charge in [0.05, 0.1) is 12.8 Å². The maximum Gasteiger partial charge on any atom is 0.128 e. The largest absolute Gasteiger partial charge is 0.496 e. The minimum absolute atomic E-state index is 0.330. The number of anilines is 1. The van der Waals surface area contributed by atoms with Crippen molar-refractivity contribution in [3.05, 3.63) is 36.4 Å². The Bertz CT molecular complexity index is 516. The first-order valence-electron chi connectivity index (χ1n) is 4.62. The molecule has 4 nitrogen and oxygen atoms in total. The zero-order valence-corrected chi connectivity index (χ0v) is 8.64. The highest BCUT2D eigenvalue weighted by Gasteiger charge is 2.08. The van der Waals surface area contributed by atoms with Crippen molar-refractivity contribution in [2.45, 2.75) is 0 Å². The van der Waals surface area contributed by atoms with Gasteiger partial charge >= 0.3 is 0 Å². The number of halogens is 1. The molecular weight excluding hydrogens is 209 g/mol. The maximum atomic E-state index is 13.1. The molecule has 0 amide bonds. The molecule has 0 spiro atoms. The summed E-state index contributed by atoms with van der Waals surface area (Å²) in [5.41, 5.74) is 6.62. The van der Waals surface area contributed by atoms with Gasteiger partial charge in [0, 0.05) is 11.6 Å². The van der Waals surface area contributed by atoms with Crippen molar-refractivity contribution in [3.8, 4) is 17.0 Å². The quantitative estimate of drug-likeness (QED) is 0.837. The average molecular weight is 219 g/mol. The van der Waals surface area contributed by atoms with Gasteiger partial charge in [-0.3, -0.25) is 0 Å². The van der Waals surface area contributed by atoms with Crippen LogP contribution in [0.25, 0.3) is 11.3 Å². The number of hydrogen-bond acceptors (Lipinski definition) is 4. The molecule has 5 heteroatoms. The third kappa shape index (κ3) is 1.93. The lowest BCUT2D eigenvalue weighted by molar-refractivity contribution is 0.415. The molecule has 2 aromatic rings. The van der Waals surface area contributed by atoms with Crippen molar-refractivity contribution in [1.29, 1.82) is 0 Å². The molecule has 0 atom stereocenters. The molecule has 0 unspecified atom stereocenters. The van der Waals surface area contributed by atoms with Gasteiger partial charge < -0.3 is 10.5 Å². The summed E-state index contributed by atoms with van der Waals surface area (Å²) in [7, 11) is 1.52. The Hall–Kier alpha value is -2.17. The first-order valence-corrected chi connectivity index (χ1v) is 4.62. The van der Waals surface area contributed by atoms with Crippen LogP contribution < -0.4 is 10.5 Å². The van der Waals surface area contributed by atoms with E-state index in [4.69, 9.17) is 10.5 Å². The van der Waals surface area contributed by atoms with Crippen molar-refractivity contribution in [2.24, 2.45) is 0 Å². The summed E-state index contributed by atoms with van der Waals surface area (Å²) < 4.78 is 18.3. The molecule has 2 N–H and O–H groups in total. The normalized spacial score (nSPS) is 10.1. The van der Waals surface area contributed by atoms with Gasteiger partial charge in [-0.1, -0.05) is 0 Å². The number of aromatic nitrogens is 2. The summed E-state index contributed by atoms with van der Waals surface area (Å²) >= 11 is 0. The number of rotatable bonds is 2. The van der Waals surface area contributed by atoms with E-state index in [0.717, 1.165) is 0 Å². The molecule has 1 heterocycles. The molecule has 1 aromatic carbocycles. The molecule has 0 saturated carbocycles. The Balaban J connectivity index is 2.58. The zero-order valence-electron chi connectivity index (χ0n) is 8.64. The maximum absolute atomic E-state index is 13.1. The second-order valence-corrected chi connectivity index (χ2v) is 3.17. The lowest BCUT2D eigenvalue weighted by atomic mass is 10.1. The van der Waals surface area contributed by atoms with Gasteiger partial charge in [0.1, 0.15) is 23.7 Å². The topological polar surface area (TPSA) is 61.0 Å². The summed E-state index contributed by atoms with van der Waals surface area (Å²) in [5.74, 6) is 0.517. The zero-order chi connectivity index (χ0) is 11.5. The van der Waals surface area contributed by atoms with E-state index in [1.54, 1.807) is 12.1 Å². The van der Waals surface area contributed by atoms with Crippen LogP contribution in [-0.4, -0.2) is 17.1 Å². The summed E-state index contributed by atoms with van der Waals surface area (Å²) in [4.78, 5) is 7.80. The van der Waals surface area contributed by atoms with E-state index in [9.17, 15) is 4.39 Å². The molecule has 0 fully saturated rings. The minimum atomic E-state index is -0.354. The molecule has 82 valence electrons. The highest BCUT2D eigenvalue weighted by molar-refractivity contribution is 5.68. The third-order valence-electron chi connectivity index (χ3n) is 2.13. The monoisotopic (exact) mass is 219 g/mol. The fraction of sp³-hybridized carbons (Fsp3) is 0.0909. The summed E-state index contributed by atoms with van der Waals surface area (Å²) in [5, 5.41) is 0. The van der Waals surface area contributed by atoms with E-state index < -0.39 is 0 Å². The number of nitrogens with two attached hydrogens (primary N) is 1. The lowest BCUT2D eigenvalue weighted by Crippen LogP contribution is -1.95. The Morgan fingerprint density at radius 2 is 2.06 bits per heavy atom. The van der Waals surface area contributed by atoms with Crippen LogP contribution in [0.5, 0.6) is 5.75 Å². The molecule has 0 bridgehead atoms. The fourth-order valence-corrected chi connectivity index (χ4v) is 1.40. The van der Waals surface area contributed by atoms with Gasteiger partial charge in [0.15, 0.2) is 0 Å². The van der Waals surface area contributed by atoms with Crippen LogP contribution in [0.4, 0.5) is 10.2 Å². The molecule has 0 saturated heterocycles. The van der Waals surface area contributed by atoms with Crippen molar-refractivity contribution < 1.29 is 9.13 Å².